The average molecular weight is 637 g/mol. The van der Waals surface area contributed by atoms with Gasteiger partial charge in [0.2, 0.25) is 0 Å². The number of aromatic nitrogens is 2. The van der Waals surface area contributed by atoms with E-state index < -0.39 is 0 Å². The lowest BCUT2D eigenvalue weighted by Gasteiger charge is -2.18. The molecule has 1 aliphatic carbocycles. The third-order valence-electron chi connectivity index (χ3n) is 10.3. The summed E-state index contributed by atoms with van der Waals surface area (Å²) in [7, 11) is 0. The summed E-state index contributed by atoms with van der Waals surface area (Å²) < 4.78 is 4.80. The van der Waals surface area contributed by atoms with Crippen LogP contribution in [0.1, 0.15) is 23.2 Å². The van der Waals surface area contributed by atoms with E-state index in [0.717, 1.165) is 18.5 Å². The molecule has 10 rings (SSSR count). The molecule has 0 N–H and O–H groups in total. The Balaban J connectivity index is 1.02. The van der Waals surface area contributed by atoms with Crippen molar-refractivity contribution in [3.63, 3.8) is 0 Å². The van der Waals surface area contributed by atoms with E-state index in [0.29, 0.717) is 0 Å². The second-order valence-electron chi connectivity index (χ2n) is 13.2. The minimum Gasteiger partial charge on any atom is -0.313 e. The number of rotatable bonds is 5. The number of nitrogens with zero attached hydrogens (tertiary/aromatic N) is 2. The molecule has 2 heterocycles. The molecule has 1 aliphatic rings. The average Bonchev–Trinajstić information content (AvgIpc) is 3.71. The van der Waals surface area contributed by atoms with Gasteiger partial charge in [-0.15, -0.1) is 0 Å². The smallest absolute Gasteiger partial charge is 0.0552 e. The molecule has 7 aromatic carbocycles. The second kappa shape index (κ2) is 11.5. The van der Waals surface area contributed by atoms with E-state index in [1.165, 1.54) is 83.0 Å². The first-order chi connectivity index (χ1) is 24.8. The summed E-state index contributed by atoms with van der Waals surface area (Å²) in [6, 6.07) is 65.3. The molecule has 0 amide bonds. The van der Waals surface area contributed by atoms with Crippen molar-refractivity contribution in [1.29, 1.82) is 0 Å². The van der Waals surface area contributed by atoms with Crippen LogP contribution in [0.4, 0.5) is 0 Å². The Bertz CT molecular complexity index is 2720. The highest BCUT2D eigenvalue weighted by Crippen LogP contribution is 2.40. The minimum absolute atomic E-state index is 0.991. The van der Waals surface area contributed by atoms with Gasteiger partial charge < -0.3 is 9.13 Å². The van der Waals surface area contributed by atoms with Crippen LogP contribution in [0.5, 0.6) is 0 Å². The lowest BCUT2D eigenvalue weighted by atomic mass is 9.90. The fourth-order valence-corrected chi connectivity index (χ4v) is 7.99. The van der Waals surface area contributed by atoms with Gasteiger partial charge in [-0.05, 0) is 101 Å². The van der Waals surface area contributed by atoms with E-state index in [2.05, 4.69) is 179 Å². The normalized spacial score (nSPS) is 12.6. The van der Waals surface area contributed by atoms with Crippen LogP contribution < -0.4 is 0 Å². The number of benzene rings is 6. The zero-order valence-electron chi connectivity index (χ0n) is 27.5. The maximum atomic E-state index is 3.13. The standard InChI is InChI=1S/C48H32N2/c1-3-12-33(13-4-1)36-14-11-17-40(30-36)50-46-21-10-8-19-42(46)44-32-38(27-29-48(44)50)35-24-22-34(23-25-35)37-26-28-47-43(31-37)41-18-7-9-20-45(41)49(47)39-15-5-2-6-16-39/h1,3-5,7-26,28,30-32H,27,29H2. The molecule has 234 valence electrons. The van der Waals surface area contributed by atoms with E-state index in [1.54, 1.807) is 0 Å². The van der Waals surface area contributed by atoms with Crippen molar-refractivity contribution in [2.45, 2.75) is 12.8 Å². The summed E-state index contributed by atoms with van der Waals surface area (Å²) in [6.07, 6.45) is 4.43. The largest absolute Gasteiger partial charge is 0.313 e. The Hall–Kier alpha value is -6.56. The molecule has 0 radical (unpaired) electrons. The summed E-state index contributed by atoms with van der Waals surface area (Å²) in [5, 5.41) is 3.81. The van der Waals surface area contributed by atoms with Crippen LogP contribution in [0, 0.1) is 12.1 Å². The van der Waals surface area contributed by atoms with E-state index in [4.69, 9.17) is 0 Å². The number of fused-ring (bicyclic) bond motifs is 6. The first-order valence-electron chi connectivity index (χ1n) is 17.3. The lowest BCUT2D eigenvalue weighted by molar-refractivity contribution is 0.898. The van der Waals surface area contributed by atoms with Gasteiger partial charge in [-0.1, -0.05) is 121 Å². The van der Waals surface area contributed by atoms with Crippen LogP contribution in [0.25, 0.3) is 78.0 Å². The van der Waals surface area contributed by atoms with Gasteiger partial charge in [0.15, 0.2) is 0 Å². The van der Waals surface area contributed by atoms with Crippen molar-refractivity contribution >= 4 is 44.4 Å². The third-order valence-corrected chi connectivity index (χ3v) is 10.3. The van der Waals surface area contributed by atoms with E-state index >= 15 is 0 Å². The minimum atomic E-state index is 0.991. The van der Waals surface area contributed by atoms with Crippen molar-refractivity contribution < 1.29 is 0 Å². The molecule has 0 bridgehead atoms. The van der Waals surface area contributed by atoms with Crippen LogP contribution in [0.15, 0.2) is 164 Å². The molecule has 2 heteroatoms. The summed E-state index contributed by atoms with van der Waals surface area (Å²) in [5.41, 5.74) is 16.3. The van der Waals surface area contributed by atoms with Crippen molar-refractivity contribution in [3.05, 3.63) is 193 Å². The van der Waals surface area contributed by atoms with Gasteiger partial charge in [-0.3, -0.25) is 0 Å². The molecule has 2 aromatic heterocycles. The van der Waals surface area contributed by atoms with E-state index in [1.807, 2.05) is 12.1 Å². The first kappa shape index (κ1) is 28.5. The maximum Gasteiger partial charge on any atom is 0.0552 e. The molecule has 9 aromatic rings. The highest BCUT2D eigenvalue weighted by Gasteiger charge is 2.22. The summed E-state index contributed by atoms with van der Waals surface area (Å²) in [5.74, 6) is 0. The highest BCUT2D eigenvalue weighted by atomic mass is 15.0. The van der Waals surface area contributed by atoms with Gasteiger partial charge in [-0.2, -0.15) is 0 Å². The first-order valence-corrected chi connectivity index (χ1v) is 17.3. The number of allylic oxidation sites excluding steroid dienone is 1. The Kier molecular flexibility index (Phi) is 6.57. The zero-order valence-corrected chi connectivity index (χ0v) is 27.5. The molecule has 0 fully saturated rings. The van der Waals surface area contributed by atoms with Gasteiger partial charge in [-0.25, -0.2) is 0 Å². The SMILES string of the molecule is c1ccc(-n2c3ccccc3c3cc(-c4ccc(C5=Cc6c(n(-c7cccc(-c8ccccc8)c7)c7ccccc67)CC5)cc4)ccc32)cc#1. The maximum absolute atomic E-state index is 3.13. The number of hydrogen-bond acceptors (Lipinski definition) is 0. The molecule has 0 atom stereocenters. The quantitative estimate of drug-likeness (QED) is 0.178. The number of para-hydroxylation sites is 2. The topological polar surface area (TPSA) is 9.86 Å². The van der Waals surface area contributed by atoms with Gasteiger partial charge in [0, 0.05) is 39.2 Å². The number of hydrogen-bond donors (Lipinski definition) is 0. The van der Waals surface area contributed by atoms with Crippen molar-refractivity contribution in [2.24, 2.45) is 0 Å². The third kappa shape index (κ3) is 4.60. The lowest BCUT2D eigenvalue weighted by Crippen LogP contribution is -2.05. The molecule has 0 aliphatic heterocycles. The summed E-state index contributed by atoms with van der Waals surface area (Å²) in [6.45, 7) is 0. The Morgan fingerprint density at radius 3 is 1.90 bits per heavy atom. The van der Waals surface area contributed by atoms with Gasteiger partial charge in [0.05, 0.1) is 22.2 Å². The van der Waals surface area contributed by atoms with E-state index in [-0.39, 0.29) is 0 Å². The van der Waals surface area contributed by atoms with Gasteiger partial charge in [0.1, 0.15) is 0 Å². The van der Waals surface area contributed by atoms with Crippen molar-refractivity contribution in [3.8, 4) is 33.6 Å². The van der Waals surface area contributed by atoms with Crippen molar-refractivity contribution in [2.75, 3.05) is 0 Å². The fraction of sp³-hybridized carbons (Fsp3) is 0.0417. The Labute approximate surface area is 291 Å². The molecule has 2 nitrogen and oxygen atoms in total. The highest BCUT2D eigenvalue weighted by molar-refractivity contribution is 6.10. The fourth-order valence-electron chi connectivity index (χ4n) is 7.99. The molecule has 50 heavy (non-hydrogen) atoms. The monoisotopic (exact) mass is 636 g/mol. The molecule has 0 saturated carbocycles. The molecule has 0 unspecified atom stereocenters. The molecule has 0 spiro atoms. The van der Waals surface area contributed by atoms with Gasteiger partial charge >= 0.3 is 0 Å². The molecule has 0 saturated heterocycles. The summed E-state index contributed by atoms with van der Waals surface area (Å²) >= 11 is 0. The predicted octanol–water partition coefficient (Wildman–Crippen LogP) is 12.1. The van der Waals surface area contributed by atoms with Crippen LogP contribution in [-0.2, 0) is 6.42 Å². The van der Waals surface area contributed by atoms with Crippen LogP contribution in [0.2, 0.25) is 0 Å². The zero-order chi connectivity index (χ0) is 33.0. The predicted molar refractivity (Wildman–Crippen MR) is 209 cm³/mol. The van der Waals surface area contributed by atoms with Crippen LogP contribution >= 0.6 is 0 Å². The molecular formula is C48H32N2. The second-order valence-corrected chi connectivity index (χ2v) is 13.2. The van der Waals surface area contributed by atoms with E-state index in [9.17, 15) is 0 Å². The molecular weight excluding hydrogens is 605 g/mol. The van der Waals surface area contributed by atoms with Gasteiger partial charge in [0.25, 0.3) is 0 Å². The van der Waals surface area contributed by atoms with Crippen LogP contribution in [-0.4, -0.2) is 9.13 Å². The Morgan fingerprint density at radius 2 is 1.08 bits per heavy atom. The summed E-state index contributed by atoms with van der Waals surface area (Å²) in [4.78, 5) is 0. The van der Waals surface area contributed by atoms with Crippen molar-refractivity contribution in [1.82, 2.24) is 9.13 Å². The Morgan fingerprint density at radius 1 is 0.420 bits per heavy atom. The van der Waals surface area contributed by atoms with Crippen LogP contribution in [0.3, 0.4) is 0 Å².